The smallest absolute Gasteiger partial charge is 0.337 e. The number of hydrogen-bond donors (Lipinski definition) is 5. The van der Waals surface area contributed by atoms with Gasteiger partial charge in [0, 0.05) is 24.5 Å². The van der Waals surface area contributed by atoms with E-state index in [2.05, 4.69) is 26.3 Å². The number of hydrogen-bond acceptors (Lipinski definition) is 8. The van der Waals surface area contributed by atoms with Crippen LogP contribution in [0.3, 0.4) is 0 Å². The number of carbonyl (C=O) groups is 1. The second-order valence-electron chi connectivity index (χ2n) is 6.28. The van der Waals surface area contributed by atoms with Gasteiger partial charge in [0.15, 0.2) is 5.49 Å². The molecule has 0 saturated heterocycles. The van der Waals surface area contributed by atoms with E-state index in [-0.39, 0.29) is 23.2 Å². The monoisotopic (exact) mass is 407 g/mol. The highest BCUT2D eigenvalue weighted by molar-refractivity contribution is 6.33. The summed E-state index contributed by atoms with van der Waals surface area (Å²) in [6, 6.07) is 4.31. The SMILES string of the molecule is CCC(CO)NC1(Nc2ccc(Cl)c(C(=O)O)c2)N=c2c(nnn2CC)=CN1. The largest absolute Gasteiger partial charge is 0.478 e. The van der Waals surface area contributed by atoms with Crippen LogP contribution in [-0.4, -0.2) is 49.7 Å². The number of anilines is 1. The number of rotatable bonds is 8. The normalized spacial score (nSPS) is 19.0. The number of fused-ring (bicyclic) bond motifs is 1. The van der Waals surface area contributed by atoms with Crippen molar-refractivity contribution in [2.24, 2.45) is 4.99 Å². The zero-order valence-electron chi connectivity index (χ0n) is 15.5. The van der Waals surface area contributed by atoms with Gasteiger partial charge in [-0.2, -0.15) is 0 Å². The quantitative estimate of drug-likeness (QED) is 0.376. The van der Waals surface area contributed by atoms with Crippen molar-refractivity contribution in [2.75, 3.05) is 11.9 Å². The minimum absolute atomic E-state index is 0.0308. The van der Waals surface area contributed by atoms with Crippen LogP contribution in [0.1, 0.15) is 30.6 Å². The maximum Gasteiger partial charge on any atom is 0.337 e. The molecule has 10 nitrogen and oxygen atoms in total. The lowest BCUT2D eigenvalue weighted by molar-refractivity contribution is 0.0697. The van der Waals surface area contributed by atoms with E-state index in [9.17, 15) is 15.0 Å². The van der Waals surface area contributed by atoms with Gasteiger partial charge < -0.3 is 20.8 Å². The molecule has 0 radical (unpaired) electrons. The highest BCUT2D eigenvalue weighted by Crippen LogP contribution is 2.23. The lowest BCUT2D eigenvalue weighted by atomic mass is 10.2. The summed E-state index contributed by atoms with van der Waals surface area (Å²) >= 11 is 5.97. The first kappa shape index (κ1) is 20.1. The van der Waals surface area contributed by atoms with E-state index in [0.29, 0.717) is 29.5 Å². The fourth-order valence-electron chi connectivity index (χ4n) is 2.83. The van der Waals surface area contributed by atoms with Gasteiger partial charge in [-0.05, 0) is 31.5 Å². The number of nitrogens with one attached hydrogen (secondary N) is 3. The summed E-state index contributed by atoms with van der Waals surface area (Å²) in [6.45, 7) is 4.34. The number of aliphatic hydroxyl groups excluding tert-OH is 1. The highest BCUT2D eigenvalue weighted by atomic mass is 35.5. The van der Waals surface area contributed by atoms with Crippen molar-refractivity contribution in [3.05, 3.63) is 39.6 Å². The van der Waals surface area contributed by atoms with Crippen LogP contribution in [0.4, 0.5) is 5.69 Å². The number of aliphatic hydroxyl groups is 1. The number of carboxylic acid groups (broad SMARTS) is 1. The lowest BCUT2D eigenvalue weighted by Crippen LogP contribution is -2.66. The number of nitrogens with zero attached hydrogens (tertiary/aromatic N) is 4. The van der Waals surface area contributed by atoms with Gasteiger partial charge in [0.05, 0.1) is 17.2 Å². The summed E-state index contributed by atoms with van der Waals surface area (Å²) in [5.41, 5.74) is 1.00. The van der Waals surface area contributed by atoms with Gasteiger partial charge in [-0.3, -0.25) is 5.32 Å². The molecule has 1 aromatic heterocycles. The Bertz CT molecular complexity index is 989. The van der Waals surface area contributed by atoms with Crippen molar-refractivity contribution in [3.63, 3.8) is 0 Å². The van der Waals surface area contributed by atoms with Gasteiger partial charge in [0.1, 0.15) is 5.35 Å². The maximum absolute atomic E-state index is 11.4. The number of aromatic nitrogens is 3. The molecule has 3 rings (SSSR count). The van der Waals surface area contributed by atoms with Crippen LogP contribution in [0.5, 0.6) is 0 Å². The van der Waals surface area contributed by atoms with Crippen molar-refractivity contribution in [3.8, 4) is 0 Å². The number of benzene rings is 1. The Morgan fingerprint density at radius 2 is 2.21 bits per heavy atom. The molecule has 2 aromatic rings. The molecular formula is C17H22ClN7O3. The second kappa shape index (κ2) is 8.13. The van der Waals surface area contributed by atoms with Gasteiger partial charge in [0.25, 0.3) is 5.91 Å². The Morgan fingerprint density at radius 1 is 1.43 bits per heavy atom. The first-order chi connectivity index (χ1) is 13.4. The Morgan fingerprint density at radius 3 is 2.86 bits per heavy atom. The van der Waals surface area contributed by atoms with E-state index in [4.69, 9.17) is 16.6 Å². The topological polar surface area (TPSA) is 137 Å². The van der Waals surface area contributed by atoms with Crippen molar-refractivity contribution in [1.82, 2.24) is 25.6 Å². The van der Waals surface area contributed by atoms with Gasteiger partial charge >= 0.3 is 5.97 Å². The molecule has 0 bridgehead atoms. The zero-order valence-corrected chi connectivity index (χ0v) is 16.2. The predicted octanol–water partition coefficient (Wildman–Crippen LogP) is -0.306. The maximum atomic E-state index is 11.4. The Kier molecular flexibility index (Phi) is 5.82. The van der Waals surface area contributed by atoms with Crippen LogP contribution < -0.4 is 26.8 Å². The summed E-state index contributed by atoms with van der Waals surface area (Å²) in [7, 11) is 0. The van der Waals surface area contributed by atoms with Crippen LogP contribution in [0.2, 0.25) is 5.02 Å². The molecule has 0 aliphatic carbocycles. The van der Waals surface area contributed by atoms with Crippen LogP contribution in [0, 0.1) is 0 Å². The number of halogens is 1. The fourth-order valence-corrected chi connectivity index (χ4v) is 3.03. The molecule has 150 valence electrons. The first-order valence-electron chi connectivity index (χ1n) is 8.88. The first-order valence-corrected chi connectivity index (χ1v) is 9.26. The molecule has 0 saturated carbocycles. The molecule has 11 heteroatoms. The molecule has 5 N–H and O–H groups in total. The molecular weight excluding hydrogens is 386 g/mol. The lowest BCUT2D eigenvalue weighted by Gasteiger charge is -2.36. The van der Waals surface area contributed by atoms with Gasteiger partial charge in [-0.1, -0.05) is 23.7 Å². The average Bonchev–Trinajstić information content (AvgIpc) is 3.09. The summed E-state index contributed by atoms with van der Waals surface area (Å²) in [6.07, 6.45) is 2.32. The summed E-state index contributed by atoms with van der Waals surface area (Å²) in [4.78, 5) is 16.1. The van der Waals surface area contributed by atoms with E-state index in [1.165, 1.54) is 12.1 Å². The van der Waals surface area contributed by atoms with Gasteiger partial charge in [0.2, 0.25) is 0 Å². The Labute approximate surface area is 165 Å². The molecule has 1 aliphatic heterocycles. The molecule has 0 spiro atoms. The van der Waals surface area contributed by atoms with Crippen LogP contribution in [-0.2, 0) is 6.54 Å². The minimum Gasteiger partial charge on any atom is -0.478 e. The van der Waals surface area contributed by atoms with Crippen molar-refractivity contribution in [1.29, 1.82) is 0 Å². The Hall–Kier alpha value is -2.69. The average molecular weight is 408 g/mol. The van der Waals surface area contributed by atoms with Crippen LogP contribution in [0.15, 0.2) is 23.2 Å². The fraction of sp³-hybridized carbons (Fsp3) is 0.412. The second-order valence-corrected chi connectivity index (χ2v) is 6.69. The van der Waals surface area contributed by atoms with E-state index in [1.54, 1.807) is 16.9 Å². The minimum atomic E-state index is -1.24. The van der Waals surface area contributed by atoms with Gasteiger partial charge in [-0.25, -0.2) is 14.5 Å². The summed E-state index contributed by atoms with van der Waals surface area (Å²) in [5.74, 6) is -2.37. The highest BCUT2D eigenvalue weighted by Gasteiger charge is 2.33. The molecule has 0 fully saturated rings. The van der Waals surface area contributed by atoms with Crippen LogP contribution >= 0.6 is 11.6 Å². The standard InChI is InChI=1S/C17H22ClN7O3/c1-3-10(9-26)20-17(19-8-14-15(22-17)25(4-2)24-23-14)21-11-5-6-13(18)12(7-11)16(27)28/h5-8,10,19-21,26H,3-4,9H2,1-2H3,(H,27,28). The third-order valence-corrected chi connectivity index (χ3v) is 4.70. The molecule has 2 atom stereocenters. The molecule has 1 aliphatic rings. The molecule has 1 aromatic carbocycles. The van der Waals surface area contributed by atoms with Crippen molar-refractivity contribution >= 4 is 29.5 Å². The van der Waals surface area contributed by atoms with E-state index < -0.39 is 11.9 Å². The zero-order chi connectivity index (χ0) is 20.3. The number of aryl methyl sites for hydroxylation is 1. The third kappa shape index (κ3) is 3.93. The molecule has 2 heterocycles. The van der Waals surface area contributed by atoms with Crippen molar-refractivity contribution in [2.45, 2.75) is 38.8 Å². The molecule has 2 unspecified atom stereocenters. The predicted molar refractivity (Wildman–Crippen MR) is 103 cm³/mol. The van der Waals surface area contributed by atoms with E-state index in [0.717, 1.165) is 0 Å². The van der Waals surface area contributed by atoms with E-state index in [1.807, 2.05) is 13.8 Å². The third-order valence-electron chi connectivity index (χ3n) is 4.37. The summed E-state index contributed by atoms with van der Waals surface area (Å²) < 4.78 is 1.65. The number of aromatic carboxylic acids is 1. The van der Waals surface area contributed by atoms with Crippen molar-refractivity contribution < 1.29 is 15.0 Å². The Balaban J connectivity index is 2.06. The molecule has 0 amide bonds. The van der Waals surface area contributed by atoms with Gasteiger partial charge in [-0.15, -0.1) is 5.10 Å². The van der Waals surface area contributed by atoms with E-state index >= 15 is 0 Å². The van der Waals surface area contributed by atoms with Crippen LogP contribution in [0.25, 0.3) is 6.20 Å². The molecule has 28 heavy (non-hydrogen) atoms. The number of carboxylic acids is 1. The summed E-state index contributed by atoms with van der Waals surface area (Å²) in [5, 5.41) is 37.4.